The highest BCUT2D eigenvalue weighted by Gasteiger charge is 2.33. The molecule has 8 heteroatoms. The number of hydrogen-bond acceptors (Lipinski definition) is 6. The lowest BCUT2D eigenvalue weighted by Gasteiger charge is -2.41. The van der Waals surface area contributed by atoms with Gasteiger partial charge >= 0.3 is 0 Å². The van der Waals surface area contributed by atoms with Gasteiger partial charge in [0.05, 0.1) is 18.7 Å². The van der Waals surface area contributed by atoms with E-state index in [-0.39, 0.29) is 17.9 Å². The standard InChI is InChI=1S/C29H35N5O3/c1-32-16-18-33(19-17-32)26-10-11-27(37-2)22-12-15-34(20-24(22)26)28(35)9-5-14-31-29(36)23-6-3-8-25-21(23)7-4-13-30-25/h3-4,6-8,10-11,13,20,26H,5,9,12,14-19H2,1-2H3,(H,31,36). The summed E-state index contributed by atoms with van der Waals surface area (Å²) in [5.74, 6) is 0.841. The van der Waals surface area contributed by atoms with Crippen molar-refractivity contribution >= 4 is 22.7 Å². The van der Waals surface area contributed by atoms with Crippen LogP contribution in [0.15, 0.2) is 71.8 Å². The molecular formula is C29H35N5O3. The van der Waals surface area contributed by atoms with Crippen molar-refractivity contribution in [3.63, 3.8) is 0 Å². The van der Waals surface area contributed by atoms with E-state index < -0.39 is 0 Å². The summed E-state index contributed by atoms with van der Waals surface area (Å²) in [6.45, 7) is 5.16. The predicted molar refractivity (Wildman–Crippen MR) is 144 cm³/mol. The first-order chi connectivity index (χ1) is 18.0. The summed E-state index contributed by atoms with van der Waals surface area (Å²) >= 11 is 0. The highest BCUT2D eigenvalue weighted by Crippen LogP contribution is 2.35. The number of carbonyl (C=O) groups excluding carboxylic acids is 2. The SMILES string of the molecule is COC1=C2CCN(C(=O)CCCNC(=O)c3cccc4ncccc34)C=C2C(N2CCN(C)CC2)C=C1. The van der Waals surface area contributed by atoms with Gasteiger partial charge in [0.2, 0.25) is 5.91 Å². The first kappa shape index (κ1) is 25.2. The number of likely N-dealkylation sites (N-methyl/N-ethyl adjacent to an activating group) is 1. The zero-order valence-electron chi connectivity index (χ0n) is 21.7. The molecule has 0 spiro atoms. The summed E-state index contributed by atoms with van der Waals surface area (Å²) in [6, 6.07) is 9.43. The van der Waals surface area contributed by atoms with Crippen LogP contribution in [0.2, 0.25) is 0 Å². The van der Waals surface area contributed by atoms with E-state index in [4.69, 9.17) is 4.74 Å². The fourth-order valence-corrected chi connectivity index (χ4v) is 5.38. The number of nitrogens with zero attached hydrogens (tertiary/aromatic N) is 4. The molecule has 1 unspecified atom stereocenters. The number of aromatic nitrogens is 1. The molecule has 5 rings (SSSR count). The number of fused-ring (bicyclic) bond motifs is 2. The van der Waals surface area contributed by atoms with Crippen molar-refractivity contribution in [2.75, 3.05) is 53.4 Å². The number of benzene rings is 1. The predicted octanol–water partition coefficient (Wildman–Crippen LogP) is 2.95. The van der Waals surface area contributed by atoms with Gasteiger partial charge in [0.1, 0.15) is 5.76 Å². The van der Waals surface area contributed by atoms with E-state index in [1.807, 2.05) is 35.4 Å². The molecule has 1 atom stereocenters. The quantitative estimate of drug-likeness (QED) is 0.588. The van der Waals surface area contributed by atoms with Gasteiger partial charge in [0, 0.05) is 74.6 Å². The highest BCUT2D eigenvalue weighted by molar-refractivity contribution is 6.06. The van der Waals surface area contributed by atoms with Crippen molar-refractivity contribution in [3.05, 3.63) is 77.3 Å². The molecule has 1 fully saturated rings. The van der Waals surface area contributed by atoms with Gasteiger partial charge in [-0.1, -0.05) is 18.2 Å². The number of piperazine rings is 1. The lowest BCUT2D eigenvalue weighted by Crippen LogP contribution is -2.50. The molecule has 2 amide bonds. The molecule has 3 heterocycles. The average molecular weight is 502 g/mol. The number of amides is 2. The van der Waals surface area contributed by atoms with E-state index in [1.54, 1.807) is 19.4 Å². The monoisotopic (exact) mass is 501 g/mol. The molecule has 2 aromatic rings. The van der Waals surface area contributed by atoms with Gasteiger partial charge in [0.25, 0.3) is 5.91 Å². The molecule has 1 saturated heterocycles. The molecule has 37 heavy (non-hydrogen) atoms. The maximum Gasteiger partial charge on any atom is 0.251 e. The first-order valence-corrected chi connectivity index (χ1v) is 13.1. The molecular weight excluding hydrogens is 466 g/mol. The van der Waals surface area contributed by atoms with E-state index >= 15 is 0 Å². The Balaban J connectivity index is 1.20. The molecule has 1 aromatic heterocycles. The summed E-state index contributed by atoms with van der Waals surface area (Å²) in [5.41, 5.74) is 3.77. The molecule has 1 aliphatic carbocycles. The zero-order chi connectivity index (χ0) is 25.8. The Kier molecular flexibility index (Phi) is 7.67. The van der Waals surface area contributed by atoms with Crippen LogP contribution in [0.25, 0.3) is 10.9 Å². The molecule has 1 aromatic carbocycles. The molecule has 0 radical (unpaired) electrons. The second-order valence-electron chi connectivity index (χ2n) is 9.85. The summed E-state index contributed by atoms with van der Waals surface area (Å²) in [7, 11) is 3.87. The minimum atomic E-state index is -0.142. The smallest absolute Gasteiger partial charge is 0.251 e. The molecule has 0 saturated carbocycles. The van der Waals surface area contributed by atoms with Crippen LogP contribution < -0.4 is 5.32 Å². The molecule has 2 aliphatic heterocycles. The Hall–Kier alpha value is -3.49. The third kappa shape index (κ3) is 5.45. The van der Waals surface area contributed by atoms with Gasteiger partial charge in [-0.25, -0.2) is 0 Å². The molecule has 0 bridgehead atoms. The van der Waals surface area contributed by atoms with Crippen molar-refractivity contribution in [2.45, 2.75) is 25.3 Å². The Bertz CT molecular complexity index is 1250. The van der Waals surface area contributed by atoms with E-state index in [2.05, 4.69) is 39.3 Å². The number of nitrogens with one attached hydrogen (secondary N) is 1. The largest absolute Gasteiger partial charge is 0.496 e. The van der Waals surface area contributed by atoms with Crippen LogP contribution in [-0.2, 0) is 9.53 Å². The van der Waals surface area contributed by atoms with Gasteiger partial charge in [-0.2, -0.15) is 0 Å². The van der Waals surface area contributed by atoms with Crippen molar-refractivity contribution < 1.29 is 14.3 Å². The topological polar surface area (TPSA) is 78.0 Å². The Morgan fingerprint density at radius 3 is 2.76 bits per heavy atom. The number of methoxy groups -OCH3 is 1. The van der Waals surface area contributed by atoms with Crippen LogP contribution >= 0.6 is 0 Å². The minimum absolute atomic E-state index is 0.0841. The van der Waals surface area contributed by atoms with Crippen LogP contribution in [0.3, 0.4) is 0 Å². The normalized spacial score (nSPS) is 20.5. The number of hydrogen-bond donors (Lipinski definition) is 1. The van der Waals surface area contributed by atoms with Crippen LogP contribution in [-0.4, -0.2) is 91.0 Å². The number of pyridine rings is 1. The third-order valence-electron chi connectivity index (χ3n) is 7.51. The number of carbonyl (C=O) groups is 2. The first-order valence-electron chi connectivity index (χ1n) is 13.1. The van der Waals surface area contributed by atoms with Gasteiger partial charge < -0.3 is 19.9 Å². The van der Waals surface area contributed by atoms with Gasteiger partial charge in [0.15, 0.2) is 0 Å². The summed E-state index contributed by atoms with van der Waals surface area (Å²) < 4.78 is 5.65. The summed E-state index contributed by atoms with van der Waals surface area (Å²) in [4.78, 5) is 36.9. The van der Waals surface area contributed by atoms with E-state index in [9.17, 15) is 9.59 Å². The van der Waals surface area contributed by atoms with Gasteiger partial charge in [-0.05, 0) is 49.7 Å². The van der Waals surface area contributed by atoms with Crippen molar-refractivity contribution in [1.29, 1.82) is 0 Å². The van der Waals surface area contributed by atoms with Crippen molar-refractivity contribution in [1.82, 2.24) is 25.0 Å². The third-order valence-corrected chi connectivity index (χ3v) is 7.51. The molecule has 194 valence electrons. The summed E-state index contributed by atoms with van der Waals surface area (Å²) in [5, 5.41) is 3.79. The fraction of sp³-hybridized carbons (Fsp3) is 0.414. The number of allylic oxidation sites excluding steroid dienone is 1. The highest BCUT2D eigenvalue weighted by atomic mass is 16.5. The van der Waals surface area contributed by atoms with Gasteiger partial charge in [-0.15, -0.1) is 0 Å². The van der Waals surface area contributed by atoms with Gasteiger partial charge in [-0.3, -0.25) is 19.5 Å². The lowest BCUT2D eigenvalue weighted by atomic mass is 9.87. The second kappa shape index (κ2) is 11.3. The zero-order valence-corrected chi connectivity index (χ0v) is 21.7. The van der Waals surface area contributed by atoms with E-state index in [0.29, 0.717) is 31.5 Å². The van der Waals surface area contributed by atoms with Crippen LogP contribution in [0.1, 0.15) is 29.6 Å². The second-order valence-corrected chi connectivity index (χ2v) is 9.85. The Labute approximate surface area is 218 Å². The summed E-state index contributed by atoms with van der Waals surface area (Å²) in [6.07, 6.45) is 9.79. The van der Waals surface area contributed by atoms with E-state index in [0.717, 1.165) is 49.3 Å². The Morgan fingerprint density at radius 1 is 1.11 bits per heavy atom. The van der Waals surface area contributed by atoms with Crippen LogP contribution in [0.5, 0.6) is 0 Å². The maximum atomic E-state index is 13.1. The number of rotatable bonds is 7. The maximum absolute atomic E-state index is 13.1. The fourth-order valence-electron chi connectivity index (χ4n) is 5.38. The molecule has 1 N–H and O–H groups in total. The minimum Gasteiger partial charge on any atom is -0.496 e. The lowest BCUT2D eigenvalue weighted by molar-refractivity contribution is -0.128. The molecule has 8 nitrogen and oxygen atoms in total. The van der Waals surface area contributed by atoms with Crippen LogP contribution in [0, 0.1) is 0 Å². The number of ether oxygens (including phenoxy) is 1. The Morgan fingerprint density at radius 2 is 1.95 bits per heavy atom. The molecule has 3 aliphatic rings. The average Bonchev–Trinajstić information content (AvgIpc) is 2.94. The van der Waals surface area contributed by atoms with E-state index in [1.165, 1.54) is 11.1 Å². The van der Waals surface area contributed by atoms with Crippen molar-refractivity contribution in [3.8, 4) is 0 Å². The van der Waals surface area contributed by atoms with Crippen molar-refractivity contribution in [2.24, 2.45) is 0 Å². The van der Waals surface area contributed by atoms with Crippen LogP contribution in [0.4, 0.5) is 0 Å².